The van der Waals surface area contributed by atoms with Crippen molar-refractivity contribution in [2.75, 3.05) is 4.72 Å². The second kappa shape index (κ2) is 4.91. The van der Waals surface area contributed by atoms with E-state index in [0.717, 1.165) is 0 Å². The van der Waals surface area contributed by atoms with Gasteiger partial charge in [-0.2, -0.15) is 8.42 Å². The smallest absolute Gasteiger partial charge is 0.280 e. The lowest BCUT2D eigenvalue weighted by Gasteiger charge is -2.08. The monoisotopic (exact) mass is 349 g/mol. The van der Waals surface area contributed by atoms with Gasteiger partial charge in [0.15, 0.2) is 5.03 Å². The van der Waals surface area contributed by atoms with Crippen molar-refractivity contribution in [3.05, 3.63) is 40.2 Å². The third kappa shape index (κ3) is 2.85. The zero-order chi connectivity index (χ0) is 13.3. The molecule has 0 spiro atoms. The minimum Gasteiger partial charge on any atom is -0.339 e. The van der Waals surface area contributed by atoms with E-state index in [0.29, 0.717) is 15.2 Å². The highest BCUT2D eigenvalue weighted by molar-refractivity contribution is 9.10. The number of benzene rings is 1. The third-order valence-corrected chi connectivity index (χ3v) is 4.31. The van der Waals surface area contributed by atoms with Crippen LogP contribution in [-0.2, 0) is 17.1 Å². The van der Waals surface area contributed by atoms with Crippen LogP contribution in [0.5, 0.6) is 0 Å². The average molecular weight is 351 g/mol. The molecule has 0 bridgehead atoms. The molecule has 1 aromatic heterocycles. The van der Waals surface area contributed by atoms with Crippen LogP contribution in [0.15, 0.2) is 40.2 Å². The van der Waals surface area contributed by atoms with Gasteiger partial charge in [-0.25, -0.2) is 4.98 Å². The Kier molecular flexibility index (Phi) is 3.65. The molecule has 0 radical (unpaired) electrons. The van der Waals surface area contributed by atoms with Crippen LogP contribution in [-0.4, -0.2) is 18.0 Å². The van der Waals surface area contributed by atoms with Crippen molar-refractivity contribution in [1.29, 1.82) is 0 Å². The van der Waals surface area contributed by atoms with E-state index in [9.17, 15) is 8.42 Å². The molecule has 0 amide bonds. The van der Waals surface area contributed by atoms with Gasteiger partial charge >= 0.3 is 0 Å². The molecular weight excluding hydrogens is 342 g/mol. The average Bonchev–Trinajstić information content (AvgIpc) is 2.71. The minimum absolute atomic E-state index is 0.0446. The zero-order valence-corrected chi connectivity index (χ0v) is 12.4. The van der Waals surface area contributed by atoms with Crippen LogP contribution in [0.4, 0.5) is 5.69 Å². The number of rotatable bonds is 3. The summed E-state index contributed by atoms with van der Waals surface area (Å²) in [6.45, 7) is 0. The number of imidazole rings is 1. The van der Waals surface area contributed by atoms with E-state index in [-0.39, 0.29) is 5.03 Å². The second-order valence-corrected chi connectivity index (χ2v) is 6.53. The first-order valence-corrected chi connectivity index (χ1v) is 7.50. The molecule has 96 valence electrons. The number of aromatic nitrogens is 2. The molecule has 1 aromatic carbocycles. The highest BCUT2D eigenvalue weighted by Gasteiger charge is 2.18. The lowest BCUT2D eigenvalue weighted by Crippen LogP contribution is -2.13. The largest absolute Gasteiger partial charge is 0.339 e. The summed E-state index contributed by atoms with van der Waals surface area (Å²) in [7, 11) is -2.01. The normalized spacial score (nSPS) is 11.5. The molecule has 18 heavy (non-hydrogen) atoms. The van der Waals surface area contributed by atoms with E-state index in [1.165, 1.54) is 18.6 Å². The number of anilines is 1. The second-order valence-electron chi connectivity index (χ2n) is 3.61. The van der Waals surface area contributed by atoms with Gasteiger partial charge in [-0.3, -0.25) is 4.72 Å². The molecule has 2 rings (SSSR count). The van der Waals surface area contributed by atoms with E-state index in [1.54, 1.807) is 23.7 Å². The molecule has 0 fully saturated rings. The van der Waals surface area contributed by atoms with E-state index in [2.05, 4.69) is 25.6 Å². The number of nitrogens with zero attached hydrogens (tertiary/aromatic N) is 2. The van der Waals surface area contributed by atoms with Gasteiger partial charge in [-0.05, 0) is 34.1 Å². The highest BCUT2D eigenvalue weighted by Crippen LogP contribution is 2.27. The lowest BCUT2D eigenvalue weighted by molar-refractivity contribution is 0.598. The Morgan fingerprint density at radius 2 is 2.17 bits per heavy atom. The summed E-state index contributed by atoms with van der Waals surface area (Å²) >= 11 is 9.07. The predicted molar refractivity (Wildman–Crippen MR) is 73.2 cm³/mol. The van der Waals surface area contributed by atoms with Gasteiger partial charge < -0.3 is 4.57 Å². The number of hydrogen-bond acceptors (Lipinski definition) is 3. The summed E-state index contributed by atoms with van der Waals surface area (Å²) in [6, 6.07) is 4.84. The van der Waals surface area contributed by atoms with Crippen molar-refractivity contribution in [3.63, 3.8) is 0 Å². The lowest BCUT2D eigenvalue weighted by atomic mass is 10.3. The van der Waals surface area contributed by atoms with Gasteiger partial charge in [0.1, 0.15) is 0 Å². The van der Waals surface area contributed by atoms with Crippen LogP contribution < -0.4 is 4.72 Å². The van der Waals surface area contributed by atoms with Crippen molar-refractivity contribution < 1.29 is 8.42 Å². The SMILES string of the molecule is Cn1cnc(S(=O)(=O)Nc2cc(Cl)ccc2Br)c1. The summed E-state index contributed by atoms with van der Waals surface area (Å²) in [6.07, 6.45) is 2.84. The fraction of sp³-hybridized carbons (Fsp3) is 0.100. The van der Waals surface area contributed by atoms with Crippen molar-refractivity contribution in [2.45, 2.75) is 5.03 Å². The maximum atomic E-state index is 12.0. The maximum Gasteiger partial charge on any atom is 0.280 e. The van der Waals surface area contributed by atoms with E-state index < -0.39 is 10.0 Å². The Hall–Kier alpha value is -1.05. The molecule has 0 aliphatic carbocycles. The van der Waals surface area contributed by atoms with Crippen molar-refractivity contribution in [3.8, 4) is 0 Å². The summed E-state index contributed by atoms with van der Waals surface area (Å²) in [4.78, 5) is 3.80. The molecule has 0 unspecified atom stereocenters. The fourth-order valence-electron chi connectivity index (χ4n) is 1.30. The van der Waals surface area contributed by atoms with Crippen LogP contribution >= 0.6 is 27.5 Å². The summed E-state index contributed by atoms with van der Waals surface area (Å²) < 4.78 is 28.6. The Morgan fingerprint density at radius 3 is 2.78 bits per heavy atom. The van der Waals surface area contributed by atoms with Gasteiger partial charge in [0.25, 0.3) is 10.0 Å². The molecule has 8 heteroatoms. The Bertz CT molecular complexity index is 684. The molecule has 2 aromatic rings. The molecule has 0 saturated carbocycles. The van der Waals surface area contributed by atoms with Gasteiger partial charge in [0.05, 0.1) is 12.0 Å². The molecule has 1 N–H and O–H groups in total. The molecule has 5 nitrogen and oxygen atoms in total. The summed E-state index contributed by atoms with van der Waals surface area (Å²) in [5, 5.41) is 0.397. The van der Waals surface area contributed by atoms with Crippen molar-refractivity contribution in [2.24, 2.45) is 7.05 Å². The predicted octanol–water partition coefficient (Wildman–Crippen LogP) is 2.64. The van der Waals surface area contributed by atoms with Crippen molar-refractivity contribution in [1.82, 2.24) is 9.55 Å². The van der Waals surface area contributed by atoms with Crippen LogP contribution in [0.25, 0.3) is 0 Å². The Labute approximate surface area is 118 Å². The first-order chi connectivity index (χ1) is 8.38. The number of sulfonamides is 1. The maximum absolute atomic E-state index is 12.0. The van der Waals surface area contributed by atoms with Crippen LogP contribution in [0.2, 0.25) is 5.02 Å². The minimum atomic E-state index is -3.70. The van der Waals surface area contributed by atoms with E-state index in [4.69, 9.17) is 11.6 Å². The number of halogens is 2. The topological polar surface area (TPSA) is 64.0 Å². The number of aryl methyl sites for hydroxylation is 1. The quantitative estimate of drug-likeness (QED) is 0.925. The van der Waals surface area contributed by atoms with Gasteiger partial charge in [0.2, 0.25) is 0 Å². The summed E-state index contributed by atoms with van der Waals surface area (Å²) in [5.41, 5.74) is 0.369. The van der Waals surface area contributed by atoms with Crippen LogP contribution in [0.1, 0.15) is 0 Å². The Morgan fingerprint density at radius 1 is 1.44 bits per heavy atom. The molecule has 0 saturated heterocycles. The van der Waals surface area contributed by atoms with Crippen LogP contribution in [0, 0.1) is 0 Å². The van der Waals surface area contributed by atoms with E-state index in [1.807, 2.05) is 0 Å². The first-order valence-electron chi connectivity index (χ1n) is 4.84. The van der Waals surface area contributed by atoms with Gasteiger partial charge in [-0.15, -0.1) is 0 Å². The zero-order valence-electron chi connectivity index (χ0n) is 9.26. The molecule has 0 atom stereocenters. The molecule has 1 heterocycles. The molecule has 0 aliphatic heterocycles. The van der Waals surface area contributed by atoms with Gasteiger partial charge in [-0.1, -0.05) is 11.6 Å². The van der Waals surface area contributed by atoms with Crippen LogP contribution in [0.3, 0.4) is 0 Å². The first kappa shape index (κ1) is 13.4. The van der Waals surface area contributed by atoms with E-state index >= 15 is 0 Å². The molecular formula is C10H9BrClN3O2S. The van der Waals surface area contributed by atoms with Crippen molar-refractivity contribution >= 4 is 43.2 Å². The fourth-order valence-corrected chi connectivity index (χ4v) is 3.00. The van der Waals surface area contributed by atoms with Gasteiger partial charge in [0, 0.05) is 22.7 Å². The number of nitrogens with one attached hydrogen (secondary N) is 1. The number of hydrogen-bond donors (Lipinski definition) is 1. The standard InChI is InChI=1S/C10H9BrClN3O2S/c1-15-5-10(13-6-15)18(16,17)14-9-4-7(12)2-3-8(9)11/h2-6,14H,1H3. The summed E-state index contributed by atoms with van der Waals surface area (Å²) in [5.74, 6) is 0. The third-order valence-electron chi connectivity index (χ3n) is 2.13. The highest BCUT2D eigenvalue weighted by atomic mass is 79.9. The Balaban J connectivity index is 2.36. The molecule has 0 aliphatic rings.